The molecular formula is C19H20N4O2. The van der Waals surface area contributed by atoms with E-state index in [0.29, 0.717) is 5.69 Å². The number of hydrogen-bond acceptors (Lipinski definition) is 3. The number of anilines is 1. The summed E-state index contributed by atoms with van der Waals surface area (Å²) >= 11 is 0. The fraction of sp³-hybridized carbons (Fsp3) is 0.211. The highest BCUT2D eigenvalue weighted by Crippen LogP contribution is 2.16. The number of hydrogen-bond donors (Lipinski definition) is 3. The van der Waals surface area contributed by atoms with Gasteiger partial charge in [-0.1, -0.05) is 31.2 Å². The lowest BCUT2D eigenvalue weighted by atomic mass is 10.1. The molecule has 0 radical (unpaired) electrons. The van der Waals surface area contributed by atoms with Crippen LogP contribution in [0.25, 0.3) is 11.0 Å². The molecule has 0 saturated carbocycles. The largest absolute Gasteiger partial charge is 0.345 e. The van der Waals surface area contributed by atoms with Crippen LogP contribution in [0.4, 0.5) is 5.69 Å². The van der Waals surface area contributed by atoms with Crippen molar-refractivity contribution in [3.8, 4) is 0 Å². The Bertz CT molecular complexity index is 899. The van der Waals surface area contributed by atoms with Crippen LogP contribution in [0.2, 0.25) is 0 Å². The van der Waals surface area contributed by atoms with E-state index in [9.17, 15) is 9.59 Å². The molecule has 3 aromatic rings. The highest BCUT2D eigenvalue weighted by Gasteiger charge is 2.17. The number of carbonyl (C=O) groups is 2. The third-order valence-electron chi connectivity index (χ3n) is 4.12. The number of fused-ring (bicyclic) bond motifs is 1. The quantitative estimate of drug-likeness (QED) is 0.640. The topological polar surface area (TPSA) is 86.9 Å². The normalized spacial score (nSPS) is 11.9. The van der Waals surface area contributed by atoms with Crippen molar-refractivity contribution >= 4 is 28.5 Å². The molecule has 1 unspecified atom stereocenters. The Kier molecular flexibility index (Phi) is 4.79. The fourth-order valence-electron chi connectivity index (χ4n) is 2.59. The average Bonchev–Trinajstić information content (AvgIpc) is 3.09. The van der Waals surface area contributed by atoms with Crippen LogP contribution < -0.4 is 10.6 Å². The first kappa shape index (κ1) is 16.7. The number of H-pyrrole nitrogens is 1. The van der Waals surface area contributed by atoms with Crippen LogP contribution in [-0.4, -0.2) is 21.8 Å². The van der Waals surface area contributed by atoms with Gasteiger partial charge in [-0.05, 0) is 42.7 Å². The summed E-state index contributed by atoms with van der Waals surface area (Å²) in [5.74, 6) is -1.37. The monoisotopic (exact) mass is 336 g/mol. The zero-order valence-corrected chi connectivity index (χ0v) is 14.2. The molecule has 0 aliphatic heterocycles. The molecule has 6 heteroatoms. The highest BCUT2D eigenvalue weighted by molar-refractivity contribution is 6.39. The molecule has 0 spiro atoms. The first-order valence-electron chi connectivity index (χ1n) is 8.20. The average molecular weight is 336 g/mol. The van der Waals surface area contributed by atoms with Gasteiger partial charge in [0, 0.05) is 5.69 Å². The van der Waals surface area contributed by atoms with E-state index in [2.05, 4.69) is 27.5 Å². The third kappa shape index (κ3) is 3.85. The maximum Gasteiger partial charge on any atom is 0.313 e. The first-order valence-corrected chi connectivity index (χ1v) is 8.20. The predicted octanol–water partition coefficient (Wildman–Crippen LogP) is 2.94. The van der Waals surface area contributed by atoms with Crippen molar-refractivity contribution in [1.82, 2.24) is 15.3 Å². The summed E-state index contributed by atoms with van der Waals surface area (Å²) in [4.78, 5) is 31.3. The van der Waals surface area contributed by atoms with E-state index in [4.69, 9.17) is 0 Å². The van der Waals surface area contributed by atoms with Gasteiger partial charge in [-0.15, -0.1) is 0 Å². The van der Waals surface area contributed by atoms with Gasteiger partial charge in [-0.3, -0.25) is 9.59 Å². The summed E-state index contributed by atoms with van der Waals surface area (Å²) < 4.78 is 0. The SMILES string of the molecule is CCc1ccc(C(C)NC(=O)C(=O)Nc2ccc3nc[nH]c3c2)cc1. The van der Waals surface area contributed by atoms with Crippen molar-refractivity contribution < 1.29 is 9.59 Å². The summed E-state index contributed by atoms with van der Waals surface area (Å²) in [7, 11) is 0. The van der Waals surface area contributed by atoms with Gasteiger partial charge in [0.1, 0.15) is 0 Å². The minimum absolute atomic E-state index is 0.251. The number of aromatic amines is 1. The second-order valence-electron chi connectivity index (χ2n) is 5.88. The van der Waals surface area contributed by atoms with Gasteiger partial charge >= 0.3 is 11.8 Å². The van der Waals surface area contributed by atoms with Gasteiger partial charge in [0.15, 0.2) is 0 Å². The molecule has 1 heterocycles. The van der Waals surface area contributed by atoms with E-state index in [1.165, 1.54) is 5.56 Å². The van der Waals surface area contributed by atoms with Crippen LogP contribution in [0.1, 0.15) is 31.0 Å². The smallest absolute Gasteiger partial charge is 0.313 e. The standard InChI is InChI=1S/C19H20N4O2/c1-3-13-4-6-14(7-5-13)12(2)22-18(24)19(25)23-15-8-9-16-17(10-15)21-11-20-16/h4-12H,3H2,1-2H3,(H,20,21)(H,22,24)(H,23,25). The molecule has 1 atom stereocenters. The number of carbonyl (C=O) groups excluding carboxylic acids is 2. The Hall–Kier alpha value is -3.15. The van der Waals surface area contributed by atoms with Crippen LogP contribution in [0, 0.1) is 0 Å². The number of rotatable bonds is 4. The number of amides is 2. The molecule has 0 fully saturated rings. The maximum atomic E-state index is 12.1. The van der Waals surface area contributed by atoms with Crippen molar-refractivity contribution in [3.05, 3.63) is 59.9 Å². The second kappa shape index (κ2) is 7.17. The van der Waals surface area contributed by atoms with E-state index in [1.807, 2.05) is 31.2 Å². The minimum Gasteiger partial charge on any atom is -0.345 e. The number of benzene rings is 2. The third-order valence-corrected chi connectivity index (χ3v) is 4.12. The number of aryl methyl sites for hydroxylation is 1. The second-order valence-corrected chi connectivity index (χ2v) is 5.88. The van der Waals surface area contributed by atoms with Crippen molar-refractivity contribution in [2.45, 2.75) is 26.3 Å². The predicted molar refractivity (Wildman–Crippen MR) is 97.1 cm³/mol. The molecule has 0 bridgehead atoms. The van der Waals surface area contributed by atoms with Gasteiger partial charge in [0.05, 0.1) is 23.4 Å². The van der Waals surface area contributed by atoms with Crippen LogP contribution >= 0.6 is 0 Å². The Morgan fingerprint density at radius 3 is 2.60 bits per heavy atom. The summed E-state index contributed by atoms with van der Waals surface area (Å²) in [5.41, 5.74) is 4.32. The number of imidazole rings is 1. The summed E-state index contributed by atoms with van der Waals surface area (Å²) in [6.45, 7) is 3.94. The van der Waals surface area contributed by atoms with Crippen LogP contribution in [-0.2, 0) is 16.0 Å². The summed E-state index contributed by atoms with van der Waals surface area (Å²) in [6.07, 6.45) is 2.54. The molecule has 128 valence electrons. The Morgan fingerprint density at radius 2 is 1.88 bits per heavy atom. The molecule has 0 aliphatic carbocycles. The minimum atomic E-state index is -0.698. The van der Waals surface area contributed by atoms with Crippen molar-refractivity contribution in [2.24, 2.45) is 0 Å². The lowest BCUT2D eigenvalue weighted by Crippen LogP contribution is -2.36. The van der Waals surface area contributed by atoms with Gasteiger partial charge in [-0.2, -0.15) is 0 Å². The molecular weight excluding hydrogens is 316 g/mol. The van der Waals surface area contributed by atoms with Crippen molar-refractivity contribution in [3.63, 3.8) is 0 Å². The van der Waals surface area contributed by atoms with E-state index in [0.717, 1.165) is 23.0 Å². The molecule has 1 aromatic heterocycles. The molecule has 2 aromatic carbocycles. The summed E-state index contributed by atoms with van der Waals surface area (Å²) in [6, 6.07) is 13.0. The lowest BCUT2D eigenvalue weighted by molar-refractivity contribution is -0.136. The van der Waals surface area contributed by atoms with E-state index >= 15 is 0 Å². The first-order chi connectivity index (χ1) is 12.1. The Labute approximate surface area is 145 Å². The zero-order chi connectivity index (χ0) is 17.8. The van der Waals surface area contributed by atoms with Gasteiger partial charge < -0.3 is 15.6 Å². The molecule has 3 N–H and O–H groups in total. The van der Waals surface area contributed by atoms with Crippen LogP contribution in [0.3, 0.4) is 0 Å². The number of aromatic nitrogens is 2. The van der Waals surface area contributed by atoms with Crippen molar-refractivity contribution in [2.75, 3.05) is 5.32 Å². The molecule has 0 saturated heterocycles. The number of nitrogens with one attached hydrogen (secondary N) is 3. The van der Waals surface area contributed by atoms with Gasteiger partial charge in [0.2, 0.25) is 0 Å². The Morgan fingerprint density at radius 1 is 1.12 bits per heavy atom. The molecule has 3 rings (SSSR count). The van der Waals surface area contributed by atoms with Crippen molar-refractivity contribution in [1.29, 1.82) is 0 Å². The number of nitrogens with zero attached hydrogens (tertiary/aromatic N) is 1. The van der Waals surface area contributed by atoms with Gasteiger partial charge in [-0.25, -0.2) is 4.98 Å². The highest BCUT2D eigenvalue weighted by atomic mass is 16.2. The van der Waals surface area contributed by atoms with E-state index in [-0.39, 0.29) is 6.04 Å². The molecule has 0 aliphatic rings. The molecule has 25 heavy (non-hydrogen) atoms. The summed E-state index contributed by atoms with van der Waals surface area (Å²) in [5, 5.41) is 5.31. The molecule has 6 nitrogen and oxygen atoms in total. The van der Waals surface area contributed by atoms with Crippen LogP contribution in [0.15, 0.2) is 48.8 Å². The fourth-order valence-corrected chi connectivity index (χ4v) is 2.59. The molecule has 2 amide bonds. The van der Waals surface area contributed by atoms with Gasteiger partial charge in [0.25, 0.3) is 0 Å². The lowest BCUT2D eigenvalue weighted by Gasteiger charge is -2.14. The van der Waals surface area contributed by atoms with Crippen LogP contribution in [0.5, 0.6) is 0 Å². The van der Waals surface area contributed by atoms with E-state index in [1.54, 1.807) is 24.5 Å². The van der Waals surface area contributed by atoms with E-state index < -0.39 is 11.8 Å². The zero-order valence-electron chi connectivity index (χ0n) is 14.2. The Balaban J connectivity index is 1.62. The maximum absolute atomic E-state index is 12.1.